The summed E-state index contributed by atoms with van der Waals surface area (Å²) in [6.45, 7) is 5.15. The van der Waals surface area contributed by atoms with Gasteiger partial charge >= 0.3 is 0 Å². The first-order valence-corrected chi connectivity index (χ1v) is 7.69. The molecule has 5 nitrogen and oxygen atoms in total. The lowest BCUT2D eigenvalue weighted by atomic mass is 9.91. The van der Waals surface area contributed by atoms with Crippen LogP contribution >= 0.6 is 11.6 Å². The quantitative estimate of drug-likeness (QED) is 0.559. The molecule has 0 aliphatic heterocycles. The second-order valence-electron chi connectivity index (χ2n) is 6.05. The molecule has 8 heteroatoms. The molecule has 1 aromatic carbocycles. The lowest BCUT2D eigenvalue weighted by Crippen LogP contribution is -2.40. The van der Waals surface area contributed by atoms with Crippen LogP contribution < -0.4 is 5.32 Å². The number of halogens is 3. The van der Waals surface area contributed by atoms with Gasteiger partial charge in [0.2, 0.25) is 0 Å². The van der Waals surface area contributed by atoms with Crippen molar-refractivity contribution >= 4 is 28.3 Å². The van der Waals surface area contributed by atoms with Crippen molar-refractivity contribution in [3.63, 3.8) is 0 Å². The maximum absolute atomic E-state index is 13.5. The number of benzene rings is 1. The molecule has 0 atom stereocenters. The fraction of sp³-hybridized carbons (Fsp3) is 0.375. The van der Waals surface area contributed by atoms with E-state index in [2.05, 4.69) is 15.5 Å². The maximum atomic E-state index is 13.5. The smallest absolute Gasteiger partial charge is 0.279 e. The minimum Gasteiger partial charge on any atom is -0.363 e. The Kier molecular flexibility index (Phi) is 5.13. The summed E-state index contributed by atoms with van der Waals surface area (Å²) in [5.41, 5.74) is 0.524. The number of hydrogen-bond donors (Lipinski definition) is 3. The summed E-state index contributed by atoms with van der Waals surface area (Å²) in [7, 11) is 1.59. The molecular weight excluding hydrogens is 336 g/mol. The number of H-pyrrole nitrogens is 1. The highest BCUT2D eigenvalue weighted by atomic mass is 35.5. The van der Waals surface area contributed by atoms with E-state index >= 15 is 0 Å². The molecule has 24 heavy (non-hydrogen) atoms. The number of hydrogen-bond acceptors (Lipinski definition) is 3. The highest BCUT2D eigenvalue weighted by Crippen LogP contribution is 2.35. The third-order valence-electron chi connectivity index (χ3n) is 4.09. The van der Waals surface area contributed by atoms with Crippen molar-refractivity contribution in [2.24, 2.45) is 0 Å². The summed E-state index contributed by atoms with van der Waals surface area (Å²) in [4.78, 5) is 1.48. The predicted octanol–water partition coefficient (Wildman–Crippen LogP) is 4.08. The van der Waals surface area contributed by atoms with E-state index in [1.165, 1.54) is 11.8 Å². The molecule has 0 radical (unpaired) electrons. The van der Waals surface area contributed by atoms with E-state index in [4.69, 9.17) is 17.0 Å². The molecule has 0 unspecified atom stereocenters. The van der Waals surface area contributed by atoms with Gasteiger partial charge in [0.15, 0.2) is 0 Å². The van der Waals surface area contributed by atoms with Crippen LogP contribution in [0.3, 0.4) is 0 Å². The second kappa shape index (κ2) is 6.76. The van der Waals surface area contributed by atoms with Gasteiger partial charge in [-0.3, -0.25) is 10.5 Å². The van der Waals surface area contributed by atoms with Gasteiger partial charge in [-0.05, 0) is 38.5 Å². The first-order valence-electron chi connectivity index (χ1n) is 7.31. The monoisotopic (exact) mass is 355 g/mol. The molecule has 3 N–H and O–H groups in total. The van der Waals surface area contributed by atoms with Gasteiger partial charge in [-0.25, -0.2) is 8.78 Å². The number of aromatic amines is 1. The van der Waals surface area contributed by atoms with E-state index in [1.54, 1.807) is 19.3 Å². The molecule has 1 heterocycles. The summed E-state index contributed by atoms with van der Waals surface area (Å²) in [6.07, 6.45) is 0.117. The van der Waals surface area contributed by atoms with Crippen molar-refractivity contribution in [2.75, 3.05) is 7.05 Å². The number of rotatable bonds is 5. The van der Waals surface area contributed by atoms with Gasteiger partial charge in [-0.15, -0.1) is 0 Å². The van der Waals surface area contributed by atoms with Gasteiger partial charge in [0, 0.05) is 18.6 Å². The van der Waals surface area contributed by atoms with Crippen LogP contribution in [0.1, 0.15) is 26.3 Å². The van der Waals surface area contributed by atoms with Crippen LogP contribution in [0, 0.1) is 5.41 Å². The lowest BCUT2D eigenvalue weighted by molar-refractivity contribution is 0.102. The van der Waals surface area contributed by atoms with Crippen molar-refractivity contribution in [3.05, 3.63) is 40.8 Å². The Morgan fingerprint density at radius 2 is 2.12 bits per heavy atom. The Balaban J connectivity index is 2.45. The molecule has 0 bridgehead atoms. The van der Waals surface area contributed by atoms with Crippen LogP contribution in [0.5, 0.6) is 0 Å². The topological polar surface area (TPSA) is 67.8 Å². The second-order valence-corrected chi connectivity index (χ2v) is 6.46. The van der Waals surface area contributed by atoms with Gasteiger partial charge in [-0.1, -0.05) is 11.6 Å². The van der Waals surface area contributed by atoms with Crippen molar-refractivity contribution in [1.82, 2.24) is 20.4 Å². The number of nitrogens with one attached hydrogen (secondary N) is 3. The van der Waals surface area contributed by atoms with Crippen LogP contribution in [-0.2, 0) is 5.54 Å². The first-order chi connectivity index (χ1) is 11.1. The Hall–Kier alpha value is -2.15. The lowest BCUT2D eigenvalue weighted by Gasteiger charge is -2.39. The normalized spacial score (nSPS) is 12.8. The number of allylic oxidation sites excluding steroid dienone is 1. The molecule has 0 fully saturated rings. The van der Waals surface area contributed by atoms with Crippen LogP contribution in [0.4, 0.5) is 8.78 Å². The third kappa shape index (κ3) is 3.51. The highest BCUT2D eigenvalue weighted by Gasteiger charge is 2.31. The Labute approximate surface area is 144 Å². The molecule has 0 saturated heterocycles. The van der Waals surface area contributed by atoms with E-state index in [-0.39, 0.29) is 11.5 Å². The number of fused-ring (bicyclic) bond motifs is 1. The molecule has 0 amide bonds. The van der Waals surface area contributed by atoms with Gasteiger partial charge in [-0.2, -0.15) is 5.10 Å². The Morgan fingerprint density at radius 3 is 2.71 bits per heavy atom. The number of alkyl halides is 2. The average Bonchev–Trinajstić information content (AvgIpc) is 2.95. The molecule has 2 rings (SSSR count). The predicted molar refractivity (Wildman–Crippen MR) is 92.5 cm³/mol. The van der Waals surface area contributed by atoms with Crippen molar-refractivity contribution in [1.29, 1.82) is 5.41 Å². The van der Waals surface area contributed by atoms with Crippen molar-refractivity contribution < 1.29 is 8.78 Å². The number of amidine groups is 1. The van der Waals surface area contributed by atoms with Crippen molar-refractivity contribution in [3.8, 4) is 0 Å². The molecule has 1 aromatic heterocycles. The van der Waals surface area contributed by atoms with Gasteiger partial charge in [0.1, 0.15) is 0 Å². The van der Waals surface area contributed by atoms with E-state index in [9.17, 15) is 8.78 Å². The van der Waals surface area contributed by atoms with E-state index in [0.717, 1.165) is 17.1 Å². The van der Waals surface area contributed by atoms with Gasteiger partial charge in [0.25, 0.3) is 6.43 Å². The van der Waals surface area contributed by atoms with E-state index < -0.39 is 12.0 Å². The molecular formula is C16H20ClF2N5. The molecule has 0 aliphatic carbocycles. The molecule has 2 aromatic rings. The van der Waals surface area contributed by atoms with Crippen LogP contribution in [0.15, 0.2) is 30.2 Å². The zero-order valence-electron chi connectivity index (χ0n) is 13.9. The molecule has 0 aliphatic rings. The summed E-state index contributed by atoms with van der Waals surface area (Å²) in [6, 6.07) is 3.62. The number of nitrogens with zero attached hydrogens (tertiary/aromatic N) is 2. The molecule has 130 valence electrons. The van der Waals surface area contributed by atoms with Gasteiger partial charge < -0.3 is 10.2 Å². The van der Waals surface area contributed by atoms with E-state index in [0.29, 0.717) is 10.5 Å². The van der Waals surface area contributed by atoms with Crippen LogP contribution in [0.2, 0.25) is 5.02 Å². The van der Waals surface area contributed by atoms with E-state index in [1.807, 2.05) is 19.9 Å². The zero-order chi connectivity index (χ0) is 18.1. The number of aromatic nitrogens is 2. The SMILES string of the molecule is CC(=N)N/C=C(/C(F)F)N(C)C(C)(C)c1cc(Cl)c2[nH]ncc2c1. The minimum atomic E-state index is -2.69. The largest absolute Gasteiger partial charge is 0.363 e. The standard InChI is InChI=1S/C16H20ClF2N5/c1-9(20)21-8-13(15(18)19)24(4)16(2,3)11-5-10-7-22-23-14(10)12(17)6-11/h5-8,15H,1-4H3,(H2,20,21)(H,22,23)/b13-8-. The summed E-state index contributed by atoms with van der Waals surface area (Å²) in [5.74, 6) is 0.0854. The molecule has 0 spiro atoms. The van der Waals surface area contributed by atoms with Crippen molar-refractivity contribution in [2.45, 2.75) is 32.7 Å². The highest BCUT2D eigenvalue weighted by molar-refractivity contribution is 6.35. The zero-order valence-corrected chi connectivity index (χ0v) is 14.7. The summed E-state index contributed by atoms with van der Waals surface area (Å²) in [5, 5.41) is 17.9. The average molecular weight is 356 g/mol. The Morgan fingerprint density at radius 1 is 1.46 bits per heavy atom. The third-order valence-corrected chi connectivity index (χ3v) is 4.39. The fourth-order valence-corrected chi connectivity index (χ4v) is 2.64. The van der Waals surface area contributed by atoms with Crippen LogP contribution in [-0.4, -0.2) is 34.4 Å². The Bertz CT molecular complexity index is 782. The van der Waals surface area contributed by atoms with Crippen LogP contribution in [0.25, 0.3) is 10.9 Å². The first kappa shape index (κ1) is 18.2. The fourth-order valence-electron chi connectivity index (χ4n) is 2.37. The maximum Gasteiger partial charge on any atom is 0.279 e. The summed E-state index contributed by atoms with van der Waals surface area (Å²) >= 11 is 6.27. The minimum absolute atomic E-state index is 0.0854. The summed E-state index contributed by atoms with van der Waals surface area (Å²) < 4.78 is 26.9. The molecule has 0 saturated carbocycles. The van der Waals surface area contributed by atoms with Gasteiger partial charge in [0.05, 0.1) is 33.8 Å².